The molecule has 7 nitrogen and oxygen atoms in total. The van der Waals surface area contributed by atoms with Crippen LogP contribution in [-0.2, 0) is 16.9 Å². The van der Waals surface area contributed by atoms with E-state index in [1.807, 2.05) is 4.90 Å². The lowest BCUT2D eigenvalue weighted by atomic mass is 9.77. The standard InChI is InChI=1S/C27H22Cl2FN3O4/c28-19-12-16(13-20(29)24(19)37-14-15-5-3-6-17(30)11-15)23-22-9-4-10-32(22)27(25(23)33(35)36)18-7-1-2-8-21(18)31-26(27)34/h1-3,5-8,11-13,22-23,25H,4,9-10,14H2,(H,31,34)/t22-,23-,25-,27+/m1/s1. The highest BCUT2D eigenvalue weighted by Crippen LogP contribution is 2.58. The van der Waals surface area contributed by atoms with Crippen LogP contribution in [0.15, 0.2) is 60.7 Å². The van der Waals surface area contributed by atoms with Crippen molar-refractivity contribution in [3.05, 3.63) is 103 Å². The zero-order valence-corrected chi connectivity index (χ0v) is 21.0. The molecule has 0 bridgehead atoms. The summed E-state index contributed by atoms with van der Waals surface area (Å²) in [6.07, 6.45) is 1.53. The van der Waals surface area contributed by atoms with Crippen LogP contribution in [0.4, 0.5) is 10.1 Å². The van der Waals surface area contributed by atoms with Gasteiger partial charge in [-0.25, -0.2) is 4.39 Å². The number of para-hydroxylation sites is 1. The Labute approximate surface area is 222 Å². The zero-order valence-electron chi connectivity index (χ0n) is 19.5. The van der Waals surface area contributed by atoms with Crippen LogP contribution in [0.2, 0.25) is 10.0 Å². The Kier molecular flexibility index (Phi) is 5.86. The number of rotatable bonds is 5. The van der Waals surface area contributed by atoms with Crippen LogP contribution in [-0.4, -0.2) is 34.4 Å². The number of carbonyl (C=O) groups is 1. The number of ether oxygens (including phenoxy) is 1. The number of halogens is 3. The van der Waals surface area contributed by atoms with Crippen LogP contribution in [0.1, 0.15) is 35.4 Å². The monoisotopic (exact) mass is 541 g/mol. The second kappa shape index (κ2) is 8.97. The molecule has 3 aromatic rings. The van der Waals surface area contributed by atoms with Gasteiger partial charge in [-0.1, -0.05) is 53.5 Å². The van der Waals surface area contributed by atoms with Crippen molar-refractivity contribution in [1.82, 2.24) is 4.90 Å². The van der Waals surface area contributed by atoms with E-state index in [1.54, 1.807) is 48.5 Å². The summed E-state index contributed by atoms with van der Waals surface area (Å²) >= 11 is 13.2. The smallest absolute Gasteiger partial charge is 0.256 e. The van der Waals surface area contributed by atoms with Crippen LogP contribution < -0.4 is 10.1 Å². The highest BCUT2D eigenvalue weighted by molar-refractivity contribution is 6.37. The van der Waals surface area contributed by atoms with Gasteiger partial charge in [-0.3, -0.25) is 19.8 Å². The Morgan fingerprint density at radius 2 is 1.89 bits per heavy atom. The van der Waals surface area contributed by atoms with E-state index in [2.05, 4.69) is 5.32 Å². The molecular weight excluding hydrogens is 520 g/mol. The van der Waals surface area contributed by atoms with Gasteiger partial charge >= 0.3 is 0 Å². The fourth-order valence-corrected chi connectivity index (χ4v) is 7.08. The molecule has 3 aliphatic heterocycles. The van der Waals surface area contributed by atoms with E-state index >= 15 is 0 Å². The van der Waals surface area contributed by atoms with Gasteiger partial charge in [0, 0.05) is 28.8 Å². The van der Waals surface area contributed by atoms with Crippen LogP contribution >= 0.6 is 23.2 Å². The Balaban J connectivity index is 1.41. The molecule has 37 heavy (non-hydrogen) atoms. The highest BCUT2D eigenvalue weighted by atomic mass is 35.5. The topological polar surface area (TPSA) is 84.7 Å². The van der Waals surface area contributed by atoms with Crippen molar-refractivity contribution in [2.24, 2.45) is 0 Å². The quantitative estimate of drug-likeness (QED) is 0.327. The average molecular weight is 542 g/mol. The maximum Gasteiger partial charge on any atom is 0.256 e. The lowest BCUT2D eigenvalue weighted by molar-refractivity contribution is -0.534. The zero-order chi connectivity index (χ0) is 25.9. The first-order valence-electron chi connectivity index (χ1n) is 12.0. The van der Waals surface area contributed by atoms with Gasteiger partial charge in [-0.15, -0.1) is 0 Å². The molecule has 1 spiro atoms. The van der Waals surface area contributed by atoms with E-state index in [9.17, 15) is 19.3 Å². The molecule has 0 saturated carbocycles. The molecule has 1 amide bonds. The lowest BCUT2D eigenvalue weighted by Crippen LogP contribution is -2.55. The molecule has 0 aliphatic carbocycles. The number of nitro groups is 1. The Bertz CT molecular complexity index is 1410. The first kappa shape index (κ1) is 24.2. The number of anilines is 1. The molecule has 1 N–H and O–H groups in total. The Morgan fingerprint density at radius 3 is 2.62 bits per heavy atom. The molecule has 190 valence electrons. The molecule has 0 unspecified atom stereocenters. The van der Waals surface area contributed by atoms with Crippen LogP contribution in [0.25, 0.3) is 0 Å². The summed E-state index contributed by atoms with van der Waals surface area (Å²) < 4.78 is 19.3. The van der Waals surface area contributed by atoms with Crippen molar-refractivity contribution in [2.45, 2.75) is 43.0 Å². The van der Waals surface area contributed by atoms with Crippen molar-refractivity contribution < 1.29 is 18.8 Å². The van der Waals surface area contributed by atoms with Crippen LogP contribution in [0, 0.1) is 15.9 Å². The first-order chi connectivity index (χ1) is 17.8. The van der Waals surface area contributed by atoms with E-state index < -0.39 is 17.5 Å². The number of hydrogen-bond acceptors (Lipinski definition) is 5. The highest BCUT2D eigenvalue weighted by Gasteiger charge is 2.73. The van der Waals surface area contributed by atoms with E-state index in [-0.39, 0.29) is 45.1 Å². The molecule has 3 aromatic carbocycles. The van der Waals surface area contributed by atoms with E-state index in [0.29, 0.717) is 35.3 Å². The number of benzene rings is 3. The number of carbonyl (C=O) groups excluding carboxylic acids is 1. The Hall–Kier alpha value is -3.20. The Morgan fingerprint density at radius 1 is 1.14 bits per heavy atom. The summed E-state index contributed by atoms with van der Waals surface area (Å²) in [6.45, 7) is 0.623. The first-order valence-corrected chi connectivity index (χ1v) is 12.8. The fourth-order valence-electron chi connectivity index (χ4n) is 6.47. The molecule has 0 radical (unpaired) electrons. The van der Waals surface area contributed by atoms with E-state index in [1.165, 1.54) is 12.1 Å². The molecule has 0 aromatic heterocycles. The minimum absolute atomic E-state index is 0.0496. The van der Waals surface area contributed by atoms with Gasteiger partial charge in [0.05, 0.1) is 16.0 Å². The predicted octanol–water partition coefficient (Wildman–Crippen LogP) is 5.77. The summed E-state index contributed by atoms with van der Waals surface area (Å²) in [5.41, 5.74) is 0.999. The van der Waals surface area contributed by atoms with Gasteiger partial charge in [0.25, 0.3) is 11.9 Å². The van der Waals surface area contributed by atoms with Gasteiger partial charge in [0.1, 0.15) is 12.4 Å². The van der Waals surface area contributed by atoms with Gasteiger partial charge in [0.15, 0.2) is 11.3 Å². The maximum atomic E-state index is 13.6. The van der Waals surface area contributed by atoms with Crippen molar-refractivity contribution in [3.63, 3.8) is 0 Å². The van der Waals surface area contributed by atoms with Crippen molar-refractivity contribution in [1.29, 1.82) is 0 Å². The van der Waals surface area contributed by atoms with Crippen LogP contribution in [0.5, 0.6) is 5.75 Å². The number of nitrogens with one attached hydrogen (secondary N) is 1. The largest absolute Gasteiger partial charge is 0.486 e. The van der Waals surface area contributed by atoms with Crippen molar-refractivity contribution in [2.75, 3.05) is 11.9 Å². The number of fused-ring (bicyclic) bond motifs is 4. The molecule has 10 heteroatoms. The maximum absolute atomic E-state index is 13.6. The minimum atomic E-state index is -1.42. The minimum Gasteiger partial charge on any atom is -0.486 e. The molecule has 3 aliphatic rings. The summed E-state index contributed by atoms with van der Waals surface area (Å²) in [6, 6.07) is 15.0. The second-order valence-electron chi connectivity index (χ2n) is 9.66. The number of nitrogens with zero attached hydrogens (tertiary/aromatic N) is 2. The van der Waals surface area contributed by atoms with Crippen LogP contribution in [0.3, 0.4) is 0 Å². The molecule has 2 saturated heterocycles. The summed E-state index contributed by atoms with van der Waals surface area (Å²) in [7, 11) is 0. The summed E-state index contributed by atoms with van der Waals surface area (Å²) in [5, 5.41) is 16.0. The average Bonchev–Trinajstić information content (AvgIpc) is 3.51. The molecule has 4 atom stereocenters. The normalized spacial score (nSPS) is 26.2. The number of hydrogen-bond donors (Lipinski definition) is 1. The lowest BCUT2D eigenvalue weighted by Gasteiger charge is -2.32. The van der Waals surface area contributed by atoms with Crippen molar-refractivity contribution in [3.8, 4) is 5.75 Å². The summed E-state index contributed by atoms with van der Waals surface area (Å²) in [5.74, 6) is -1.17. The fraction of sp³-hybridized carbons (Fsp3) is 0.296. The third kappa shape index (κ3) is 3.61. The second-order valence-corrected chi connectivity index (χ2v) is 10.5. The molecular formula is C27H22Cl2FN3O4. The third-order valence-corrected chi connectivity index (χ3v) is 8.33. The summed E-state index contributed by atoms with van der Waals surface area (Å²) in [4.78, 5) is 28.0. The predicted molar refractivity (Wildman–Crippen MR) is 137 cm³/mol. The third-order valence-electron chi connectivity index (χ3n) is 7.77. The van der Waals surface area contributed by atoms with Crippen molar-refractivity contribution >= 4 is 34.8 Å². The van der Waals surface area contributed by atoms with E-state index in [0.717, 1.165) is 6.42 Å². The number of amides is 1. The SMILES string of the molecule is O=C1Nc2ccccc2[C@]12[C@H]([N+](=O)[O-])[C@H](c1cc(Cl)c(OCc3cccc(F)c3)c(Cl)c1)[C@H]1CCCN12. The van der Waals surface area contributed by atoms with Gasteiger partial charge in [0.2, 0.25) is 0 Å². The molecule has 6 rings (SSSR count). The van der Waals surface area contributed by atoms with Gasteiger partial charge in [-0.2, -0.15) is 0 Å². The van der Waals surface area contributed by atoms with Gasteiger partial charge < -0.3 is 10.1 Å². The molecule has 2 fully saturated rings. The van der Waals surface area contributed by atoms with E-state index in [4.69, 9.17) is 27.9 Å². The molecule has 3 heterocycles. The van der Waals surface area contributed by atoms with Gasteiger partial charge in [-0.05, 0) is 54.3 Å².